The van der Waals surface area contributed by atoms with Crippen molar-refractivity contribution in [3.05, 3.63) is 11.1 Å². The summed E-state index contributed by atoms with van der Waals surface area (Å²) in [6.07, 6.45) is 3.14. The van der Waals surface area contributed by atoms with Crippen molar-refractivity contribution in [3.63, 3.8) is 0 Å². The smallest absolute Gasteiger partial charge is 0.361 e. The highest BCUT2D eigenvalue weighted by molar-refractivity contribution is 6.41. The molecule has 2 aliphatic rings. The third kappa shape index (κ3) is 0.709. The third-order valence-electron chi connectivity index (χ3n) is 2.68. The number of rotatable bonds is 0. The van der Waals surface area contributed by atoms with E-state index >= 15 is 0 Å². The number of hydrogen-bond donors (Lipinski definition) is 0. The topological polar surface area (TPSA) is 72.8 Å². The summed E-state index contributed by atoms with van der Waals surface area (Å²) in [7, 11) is 0. The average Bonchev–Trinajstić information content (AvgIpc) is 2.60. The molecule has 2 fully saturated rings. The Morgan fingerprint density at radius 1 is 1.00 bits per heavy atom. The van der Waals surface area contributed by atoms with Crippen molar-refractivity contribution >= 4 is 11.4 Å². The van der Waals surface area contributed by atoms with E-state index in [1.165, 1.54) is 0 Å². The van der Waals surface area contributed by atoms with Crippen LogP contribution in [0.15, 0.2) is 0 Å². The summed E-state index contributed by atoms with van der Waals surface area (Å²) < 4.78 is 0. The maximum atomic E-state index is 8.59. The quantitative estimate of drug-likeness (QED) is 0.359. The monoisotopic (exact) mass is 148 g/mol. The highest BCUT2D eigenvalue weighted by Crippen LogP contribution is 2.39. The van der Waals surface area contributed by atoms with Gasteiger partial charge in [-0.1, -0.05) is 0 Å². The molecule has 2 unspecified atom stereocenters. The molecule has 2 aliphatic carbocycles. The van der Waals surface area contributed by atoms with Crippen molar-refractivity contribution in [3.8, 4) is 0 Å². The standard InChI is InChI=1S/C7H8N4/c8-10-6-4-1-2-5(3-4)7(6)11-9/h4-5H,1-3H2. The summed E-state index contributed by atoms with van der Waals surface area (Å²) in [5, 5.41) is 0. The fourth-order valence-electron chi connectivity index (χ4n) is 2.16. The van der Waals surface area contributed by atoms with Crippen molar-refractivity contribution in [1.29, 1.82) is 0 Å². The first kappa shape index (κ1) is 6.47. The molecular formula is C7H8N4. The lowest BCUT2D eigenvalue weighted by Crippen LogP contribution is -2.23. The molecule has 0 N–H and O–H groups in total. The van der Waals surface area contributed by atoms with Crippen LogP contribution < -0.4 is 0 Å². The summed E-state index contributed by atoms with van der Waals surface area (Å²) in [4.78, 5) is 6.30. The molecule has 0 aromatic rings. The van der Waals surface area contributed by atoms with Crippen molar-refractivity contribution in [2.45, 2.75) is 19.3 Å². The van der Waals surface area contributed by atoms with Crippen LogP contribution in [0.4, 0.5) is 0 Å². The minimum Gasteiger partial charge on any atom is -0.361 e. The Morgan fingerprint density at radius 3 is 1.82 bits per heavy atom. The molecule has 2 atom stereocenters. The Hall–Kier alpha value is -1.24. The lowest BCUT2D eigenvalue weighted by atomic mass is 9.97. The maximum Gasteiger partial charge on any atom is 0.378 e. The van der Waals surface area contributed by atoms with Crippen LogP contribution >= 0.6 is 0 Å². The Morgan fingerprint density at radius 2 is 1.45 bits per heavy atom. The summed E-state index contributed by atoms with van der Waals surface area (Å²) in [6.45, 7) is 0. The molecule has 0 amide bonds. The van der Waals surface area contributed by atoms with Gasteiger partial charge >= 0.3 is 11.4 Å². The van der Waals surface area contributed by atoms with Crippen molar-refractivity contribution < 1.29 is 9.58 Å². The van der Waals surface area contributed by atoms with Crippen molar-refractivity contribution in [2.75, 3.05) is 0 Å². The Balaban J connectivity index is 2.51. The van der Waals surface area contributed by atoms with Gasteiger partial charge in [-0.15, -0.1) is 0 Å². The van der Waals surface area contributed by atoms with Gasteiger partial charge in [0.25, 0.3) is 0 Å². The fourth-order valence-corrected chi connectivity index (χ4v) is 2.16. The molecule has 0 saturated heterocycles. The van der Waals surface area contributed by atoms with E-state index in [2.05, 4.69) is 9.58 Å². The predicted molar refractivity (Wildman–Crippen MR) is 38.1 cm³/mol. The summed E-state index contributed by atoms with van der Waals surface area (Å²) in [5.41, 5.74) is 18.4. The second-order valence-corrected chi connectivity index (χ2v) is 3.18. The number of nitrogens with zero attached hydrogens (tertiary/aromatic N) is 4. The molecule has 11 heavy (non-hydrogen) atoms. The zero-order valence-electron chi connectivity index (χ0n) is 6.06. The Kier molecular flexibility index (Phi) is 1.25. The molecule has 56 valence electrons. The average molecular weight is 148 g/mol. The zero-order chi connectivity index (χ0) is 7.84. The maximum absolute atomic E-state index is 8.59. The van der Waals surface area contributed by atoms with Gasteiger partial charge in [0.05, 0.1) is 11.8 Å². The largest absolute Gasteiger partial charge is 0.378 e. The second kappa shape index (κ2) is 2.12. The first-order chi connectivity index (χ1) is 5.36. The molecular weight excluding hydrogens is 140 g/mol. The van der Waals surface area contributed by atoms with E-state index in [1.807, 2.05) is 0 Å². The molecule has 4 heteroatoms. The van der Waals surface area contributed by atoms with Crippen molar-refractivity contribution in [2.24, 2.45) is 11.8 Å². The molecule has 2 saturated carbocycles. The van der Waals surface area contributed by atoms with Gasteiger partial charge in [0, 0.05) is 0 Å². The van der Waals surface area contributed by atoms with Crippen LogP contribution in [0.3, 0.4) is 0 Å². The molecule has 0 radical (unpaired) electrons. The summed E-state index contributed by atoms with van der Waals surface area (Å²) in [5.74, 6) is 0.687. The van der Waals surface area contributed by atoms with Gasteiger partial charge in [0.2, 0.25) is 0 Å². The molecule has 0 aliphatic heterocycles. The molecule has 2 rings (SSSR count). The van der Waals surface area contributed by atoms with Crippen LogP contribution in [0.25, 0.3) is 11.1 Å². The van der Waals surface area contributed by atoms with Gasteiger partial charge in [0.1, 0.15) is 0 Å². The van der Waals surface area contributed by atoms with Crippen LogP contribution in [0.1, 0.15) is 19.3 Å². The van der Waals surface area contributed by atoms with Gasteiger partial charge in [-0.2, -0.15) is 9.58 Å². The van der Waals surface area contributed by atoms with Crippen LogP contribution in [0.5, 0.6) is 0 Å². The molecule has 0 spiro atoms. The van der Waals surface area contributed by atoms with Crippen LogP contribution in [0.2, 0.25) is 0 Å². The zero-order valence-corrected chi connectivity index (χ0v) is 6.06. The first-order valence-corrected chi connectivity index (χ1v) is 3.81. The Bertz CT molecular complexity index is 264. The highest BCUT2D eigenvalue weighted by atomic mass is 14.9. The van der Waals surface area contributed by atoms with Gasteiger partial charge in [-0.25, -0.2) is 0 Å². The lowest BCUT2D eigenvalue weighted by molar-refractivity contribution is -0.0307. The molecule has 0 aromatic carbocycles. The molecule has 0 aromatic heterocycles. The third-order valence-corrected chi connectivity index (χ3v) is 2.68. The molecule has 0 heterocycles. The fraction of sp³-hybridized carbons (Fsp3) is 0.714. The van der Waals surface area contributed by atoms with E-state index < -0.39 is 0 Å². The van der Waals surface area contributed by atoms with E-state index in [0.29, 0.717) is 23.3 Å². The molecule has 2 bridgehead atoms. The van der Waals surface area contributed by atoms with E-state index in [-0.39, 0.29) is 0 Å². The predicted octanol–water partition coefficient (Wildman–Crippen LogP) is 0.758. The Labute approximate surface area is 64.1 Å². The van der Waals surface area contributed by atoms with Crippen LogP contribution in [-0.4, -0.2) is 21.0 Å². The van der Waals surface area contributed by atoms with Gasteiger partial charge in [0.15, 0.2) is 0 Å². The lowest BCUT2D eigenvalue weighted by Gasteiger charge is -1.97. The van der Waals surface area contributed by atoms with Crippen molar-refractivity contribution in [1.82, 2.24) is 0 Å². The van der Waals surface area contributed by atoms with Gasteiger partial charge in [-0.05, 0) is 19.3 Å². The highest BCUT2D eigenvalue weighted by Gasteiger charge is 2.54. The van der Waals surface area contributed by atoms with E-state index in [1.54, 1.807) is 0 Å². The normalized spacial score (nSPS) is 33.8. The van der Waals surface area contributed by atoms with Crippen LogP contribution in [0, 0.1) is 11.8 Å². The van der Waals surface area contributed by atoms with E-state index in [0.717, 1.165) is 19.3 Å². The molecule has 4 nitrogen and oxygen atoms in total. The number of fused-ring (bicyclic) bond motifs is 2. The minimum absolute atomic E-state index is 0.343. The summed E-state index contributed by atoms with van der Waals surface area (Å²) in [6, 6.07) is 0. The van der Waals surface area contributed by atoms with Gasteiger partial charge in [-0.3, -0.25) is 0 Å². The first-order valence-electron chi connectivity index (χ1n) is 3.81. The van der Waals surface area contributed by atoms with Gasteiger partial charge < -0.3 is 11.1 Å². The van der Waals surface area contributed by atoms with E-state index in [9.17, 15) is 0 Å². The van der Waals surface area contributed by atoms with Crippen LogP contribution in [-0.2, 0) is 0 Å². The SMILES string of the molecule is [N-]=[N+]=C1C(=[N+]=[N-])C2CCC1C2. The van der Waals surface area contributed by atoms with E-state index in [4.69, 9.17) is 11.1 Å². The number of hydrogen-bond acceptors (Lipinski definition) is 0. The minimum atomic E-state index is 0.343. The summed E-state index contributed by atoms with van der Waals surface area (Å²) >= 11 is 0. The second-order valence-electron chi connectivity index (χ2n) is 3.18.